The summed E-state index contributed by atoms with van der Waals surface area (Å²) in [6.45, 7) is 7.26. The first-order chi connectivity index (χ1) is 13.8. The van der Waals surface area contributed by atoms with Gasteiger partial charge in [0.2, 0.25) is 10.0 Å². The van der Waals surface area contributed by atoms with Crippen molar-refractivity contribution in [3.05, 3.63) is 58.7 Å². The van der Waals surface area contributed by atoms with Gasteiger partial charge in [-0.05, 0) is 80.6 Å². The number of benzene rings is 2. The van der Waals surface area contributed by atoms with Crippen LogP contribution in [0.2, 0.25) is 0 Å². The lowest BCUT2D eigenvalue weighted by Crippen LogP contribution is -2.37. The van der Waals surface area contributed by atoms with Crippen LogP contribution in [0.15, 0.2) is 41.3 Å². The summed E-state index contributed by atoms with van der Waals surface area (Å²) in [5, 5.41) is 0. The van der Waals surface area contributed by atoms with E-state index in [2.05, 4.69) is 39.8 Å². The summed E-state index contributed by atoms with van der Waals surface area (Å²) in [6, 6.07) is 12.3. The second-order valence-electron chi connectivity index (χ2n) is 8.44. The highest BCUT2D eigenvalue weighted by Crippen LogP contribution is 2.32. The molecule has 0 saturated carbocycles. The van der Waals surface area contributed by atoms with Crippen LogP contribution in [0.5, 0.6) is 0 Å². The normalized spacial score (nSPS) is 18.2. The van der Waals surface area contributed by atoms with E-state index >= 15 is 0 Å². The fraction of sp³-hybridized carbons (Fsp3) is 0.478. The van der Waals surface area contributed by atoms with Crippen molar-refractivity contribution >= 4 is 15.7 Å². The standard InChI is InChI=1S/C23H31N3O2S/c1-17-6-7-18(2)23(14-17)29(27,28)24-16-22(26-11-4-5-12-26)19-8-9-21-20(15-19)10-13-25(21)3/h6-9,14-15,22,24H,4-5,10-13,16H2,1-3H3/t22-/m1/s1. The summed E-state index contributed by atoms with van der Waals surface area (Å²) >= 11 is 0. The van der Waals surface area contributed by atoms with Crippen LogP contribution in [-0.4, -0.2) is 46.5 Å². The number of likely N-dealkylation sites (N-methyl/N-ethyl adjacent to an activating group) is 1. The van der Waals surface area contributed by atoms with E-state index in [0.717, 1.165) is 37.2 Å². The van der Waals surface area contributed by atoms with Crippen molar-refractivity contribution in [2.45, 2.75) is 44.0 Å². The number of anilines is 1. The predicted molar refractivity (Wildman–Crippen MR) is 118 cm³/mol. The van der Waals surface area contributed by atoms with Gasteiger partial charge >= 0.3 is 0 Å². The van der Waals surface area contributed by atoms with E-state index in [-0.39, 0.29) is 6.04 Å². The minimum atomic E-state index is -3.55. The zero-order valence-corrected chi connectivity index (χ0v) is 18.4. The monoisotopic (exact) mass is 413 g/mol. The number of aryl methyl sites for hydroxylation is 2. The summed E-state index contributed by atoms with van der Waals surface area (Å²) in [6.07, 6.45) is 3.41. The molecule has 0 aliphatic carbocycles. The predicted octanol–water partition coefficient (Wildman–Crippen LogP) is 3.41. The van der Waals surface area contributed by atoms with E-state index in [1.165, 1.54) is 29.7 Å². The molecule has 156 valence electrons. The molecule has 1 saturated heterocycles. The Bertz CT molecular complexity index is 997. The minimum absolute atomic E-state index is 0.0635. The summed E-state index contributed by atoms with van der Waals surface area (Å²) in [5.41, 5.74) is 5.61. The molecule has 0 aromatic heterocycles. The molecule has 1 fully saturated rings. The lowest BCUT2D eigenvalue weighted by molar-refractivity contribution is 0.246. The van der Waals surface area contributed by atoms with Gasteiger partial charge in [0.25, 0.3) is 0 Å². The molecule has 4 rings (SSSR count). The highest BCUT2D eigenvalue weighted by Gasteiger charge is 2.27. The molecule has 2 aromatic carbocycles. The maximum absolute atomic E-state index is 13.0. The van der Waals surface area contributed by atoms with Gasteiger partial charge in [-0.1, -0.05) is 24.3 Å². The Hall–Kier alpha value is -1.89. The lowest BCUT2D eigenvalue weighted by Gasteiger charge is -2.29. The van der Waals surface area contributed by atoms with Crippen molar-refractivity contribution in [1.29, 1.82) is 0 Å². The number of hydrogen-bond donors (Lipinski definition) is 1. The van der Waals surface area contributed by atoms with Gasteiger partial charge in [-0.2, -0.15) is 0 Å². The van der Waals surface area contributed by atoms with Gasteiger partial charge in [0.1, 0.15) is 0 Å². The first-order valence-electron chi connectivity index (χ1n) is 10.5. The van der Waals surface area contributed by atoms with Crippen molar-refractivity contribution in [1.82, 2.24) is 9.62 Å². The highest BCUT2D eigenvalue weighted by molar-refractivity contribution is 7.89. The molecule has 0 bridgehead atoms. The van der Waals surface area contributed by atoms with Crippen LogP contribution in [0.1, 0.15) is 41.1 Å². The van der Waals surface area contributed by atoms with E-state index < -0.39 is 10.0 Å². The number of hydrogen-bond acceptors (Lipinski definition) is 4. The zero-order chi connectivity index (χ0) is 20.6. The minimum Gasteiger partial charge on any atom is -0.374 e. The number of nitrogens with zero attached hydrogens (tertiary/aromatic N) is 2. The summed E-state index contributed by atoms with van der Waals surface area (Å²) in [5.74, 6) is 0. The van der Waals surface area contributed by atoms with Gasteiger partial charge < -0.3 is 4.90 Å². The van der Waals surface area contributed by atoms with Gasteiger partial charge in [0.15, 0.2) is 0 Å². The summed E-state index contributed by atoms with van der Waals surface area (Å²) < 4.78 is 29.0. The van der Waals surface area contributed by atoms with E-state index in [1.807, 2.05) is 26.0 Å². The van der Waals surface area contributed by atoms with E-state index in [1.54, 1.807) is 6.07 Å². The van der Waals surface area contributed by atoms with Crippen LogP contribution < -0.4 is 9.62 Å². The summed E-state index contributed by atoms with van der Waals surface area (Å²) in [4.78, 5) is 5.09. The number of rotatable bonds is 6. The van der Waals surface area contributed by atoms with Crippen LogP contribution in [0.4, 0.5) is 5.69 Å². The molecular weight excluding hydrogens is 382 g/mol. The van der Waals surface area contributed by atoms with Crippen LogP contribution in [0.3, 0.4) is 0 Å². The lowest BCUT2D eigenvalue weighted by atomic mass is 10.0. The molecule has 29 heavy (non-hydrogen) atoms. The highest BCUT2D eigenvalue weighted by atomic mass is 32.2. The van der Waals surface area contributed by atoms with Crippen molar-refractivity contribution in [3.8, 4) is 0 Å². The number of likely N-dealkylation sites (tertiary alicyclic amines) is 1. The fourth-order valence-electron chi connectivity index (χ4n) is 4.57. The van der Waals surface area contributed by atoms with Gasteiger partial charge in [0, 0.05) is 31.9 Å². The SMILES string of the molecule is Cc1ccc(C)c(S(=O)(=O)NC[C@H](c2ccc3c(c2)CCN3C)N2CCCC2)c1. The van der Waals surface area contributed by atoms with Crippen LogP contribution in [-0.2, 0) is 16.4 Å². The molecule has 2 aliphatic rings. The van der Waals surface area contributed by atoms with Crippen molar-refractivity contribution in [2.24, 2.45) is 0 Å². The summed E-state index contributed by atoms with van der Waals surface area (Å²) in [7, 11) is -1.42. The third-order valence-electron chi connectivity index (χ3n) is 6.30. The second-order valence-corrected chi connectivity index (χ2v) is 10.2. The van der Waals surface area contributed by atoms with Gasteiger partial charge in [-0.15, -0.1) is 0 Å². The molecular formula is C23H31N3O2S. The van der Waals surface area contributed by atoms with E-state index in [0.29, 0.717) is 11.4 Å². The zero-order valence-electron chi connectivity index (χ0n) is 17.6. The maximum atomic E-state index is 13.0. The van der Waals surface area contributed by atoms with Crippen LogP contribution in [0, 0.1) is 13.8 Å². The Morgan fingerprint density at radius 1 is 1.03 bits per heavy atom. The molecule has 0 spiro atoms. The van der Waals surface area contributed by atoms with E-state index in [9.17, 15) is 8.42 Å². The molecule has 0 radical (unpaired) electrons. The Morgan fingerprint density at radius 3 is 2.55 bits per heavy atom. The third-order valence-corrected chi connectivity index (χ3v) is 7.86. The first kappa shape index (κ1) is 20.4. The van der Waals surface area contributed by atoms with E-state index in [4.69, 9.17) is 0 Å². The average Bonchev–Trinajstić information content (AvgIpc) is 3.34. The average molecular weight is 414 g/mol. The molecule has 2 heterocycles. The van der Waals surface area contributed by atoms with Crippen molar-refractivity contribution in [3.63, 3.8) is 0 Å². The Balaban J connectivity index is 1.59. The van der Waals surface area contributed by atoms with Crippen molar-refractivity contribution in [2.75, 3.05) is 38.1 Å². The molecule has 1 N–H and O–H groups in total. The second kappa shape index (κ2) is 8.09. The van der Waals surface area contributed by atoms with Gasteiger partial charge in [0.05, 0.1) is 4.90 Å². The molecule has 2 aromatic rings. The smallest absolute Gasteiger partial charge is 0.240 e. The van der Waals surface area contributed by atoms with Crippen LogP contribution in [0.25, 0.3) is 0 Å². The Kier molecular flexibility index (Phi) is 5.69. The van der Waals surface area contributed by atoms with Gasteiger partial charge in [-0.3, -0.25) is 4.90 Å². The molecule has 0 unspecified atom stereocenters. The van der Waals surface area contributed by atoms with Gasteiger partial charge in [-0.25, -0.2) is 13.1 Å². The molecule has 6 heteroatoms. The number of fused-ring (bicyclic) bond motifs is 1. The largest absolute Gasteiger partial charge is 0.374 e. The Labute approximate surface area is 174 Å². The first-order valence-corrected chi connectivity index (χ1v) is 12.0. The maximum Gasteiger partial charge on any atom is 0.240 e. The number of sulfonamides is 1. The van der Waals surface area contributed by atoms with Crippen molar-refractivity contribution < 1.29 is 8.42 Å². The quantitative estimate of drug-likeness (QED) is 0.789. The van der Waals surface area contributed by atoms with Crippen LogP contribution >= 0.6 is 0 Å². The fourth-order valence-corrected chi connectivity index (χ4v) is 5.93. The Morgan fingerprint density at radius 2 is 1.79 bits per heavy atom. The molecule has 0 amide bonds. The topological polar surface area (TPSA) is 52.7 Å². The third kappa shape index (κ3) is 4.20. The molecule has 2 aliphatic heterocycles. The molecule has 1 atom stereocenters. The molecule has 5 nitrogen and oxygen atoms in total. The number of nitrogens with one attached hydrogen (secondary N) is 1.